The molecule has 4 nitrogen and oxygen atoms in total. The molecule has 2 aliphatic rings. The predicted molar refractivity (Wildman–Crippen MR) is 77.4 cm³/mol. The van der Waals surface area contributed by atoms with Crippen molar-refractivity contribution in [1.29, 1.82) is 0 Å². The number of carbonyl (C=O) groups is 3. The highest BCUT2D eigenvalue weighted by molar-refractivity contribution is 6.17. The van der Waals surface area contributed by atoms with E-state index < -0.39 is 5.91 Å². The van der Waals surface area contributed by atoms with Crippen molar-refractivity contribution >= 4 is 17.7 Å². The number of piperidine rings is 1. The van der Waals surface area contributed by atoms with Gasteiger partial charge < -0.3 is 0 Å². The van der Waals surface area contributed by atoms with Crippen LogP contribution in [0.15, 0.2) is 30.3 Å². The SMILES string of the molecule is O=C1CC2(CCCCC2)CC(=O)N1C(=O)c1ccccc1. The molecule has 1 spiro atoms. The van der Waals surface area contributed by atoms with Crippen LogP contribution in [0.3, 0.4) is 0 Å². The summed E-state index contributed by atoms with van der Waals surface area (Å²) < 4.78 is 0. The molecule has 1 saturated carbocycles. The van der Waals surface area contributed by atoms with E-state index in [1.807, 2.05) is 0 Å². The van der Waals surface area contributed by atoms with Crippen LogP contribution < -0.4 is 0 Å². The summed E-state index contributed by atoms with van der Waals surface area (Å²) >= 11 is 0. The molecule has 1 aliphatic heterocycles. The van der Waals surface area contributed by atoms with Gasteiger partial charge in [0, 0.05) is 18.4 Å². The van der Waals surface area contributed by atoms with E-state index in [4.69, 9.17) is 0 Å². The van der Waals surface area contributed by atoms with Crippen LogP contribution in [-0.2, 0) is 9.59 Å². The molecule has 0 bridgehead atoms. The molecule has 2 fully saturated rings. The average Bonchev–Trinajstić information content (AvgIpc) is 2.48. The number of imide groups is 3. The molecule has 110 valence electrons. The van der Waals surface area contributed by atoms with Crippen molar-refractivity contribution in [3.05, 3.63) is 35.9 Å². The van der Waals surface area contributed by atoms with Gasteiger partial charge in [0.05, 0.1) is 0 Å². The number of benzene rings is 1. The first-order valence-electron chi connectivity index (χ1n) is 7.57. The molecule has 3 rings (SSSR count). The van der Waals surface area contributed by atoms with E-state index in [-0.39, 0.29) is 17.2 Å². The largest absolute Gasteiger partial charge is 0.274 e. The zero-order valence-corrected chi connectivity index (χ0v) is 12.0. The molecule has 0 unspecified atom stereocenters. The van der Waals surface area contributed by atoms with E-state index in [0.717, 1.165) is 30.6 Å². The second-order valence-corrected chi connectivity index (χ2v) is 6.21. The fourth-order valence-corrected chi connectivity index (χ4v) is 3.59. The van der Waals surface area contributed by atoms with Gasteiger partial charge in [-0.1, -0.05) is 37.5 Å². The van der Waals surface area contributed by atoms with E-state index in [2.05, 4.69) is 0 Å². The highest BCUT2D eigenvalue weighted by Crippen LogP contribution is 2.45. The summed E-state index contributed by atoms with van der Waals surface area (Å²) in [5.41, 5.74) is 0.207. The Hall–Kier alpha value is -1.97. The van der Waals surface area contributed by atoms with Gasteiger partial charge in [-0.15, -0.1) is 0 Å². The minimum atomic E-state index is -0.490. The number of amides is 3. The number of rotatable bonds is 1. The molecule has 4 heteroatoms. The van der Waals surface area contributed by atoms with E-state index in [9.17, 15) is 14.4 Å². The van der Waals surface area contributed by atoms with Crippen molar-refractivity contribution in [1.82, 2.24) is 4.90 Å². The first-order chi connectivity index (χ1) is 10.1. The Balaban J connectivity index is 1.81. The molecule has 0 atom stereocenters. The summed E-state index contributed by atoms with van der Waals surface area (Å²) in [7, 11) is 0. The molecule has 3 amide bonds. The number of likely N-dealkylation sites (tertiary alicyclic amines) is 1. The highest BCUT2D eigenvalue weighted by Gasteiger charge is 2.46. The minimum Gasteiger partial charge on any atom is -0.274 e. The van der Waals surface area contributed by atoms with E-state index in [1.165, 1.54) is 6.42 Å². The van der Waals surface area contributed by atoms with E-state index in [0.29, 0.717) is 18.4 Å². The third kappa shape index (κ3) is 2.62. The third-order valence-electron chi connectivity index (χ3n) is 4.69. The summed E-state index contributed by atoms with van der Waals surface area (Å²) in [6, 6.07) is 8.53. The van der Waals surface area contributed by atoms with Gasteiger partial charge in [-0.25, -0.2) is 4.90 Å². The third-order valence-corrected chi connectivity index (χ3v) is 4.69. The molecule has 1 aromatic carbocycles. The Bertz CT molecular complexity index is 553. The van der Waals surface area contributed by atoms with Crippen LogP contribution in [0.25, 0.3) is 0 Å². The second kappa shape index (κ2) is 5.43. The molecule has 0 aromatic heterocycles. The van der Waals surface area contributed by atoms with Gasteiger partial charge in [-0.2, -0.15) is 0 Å². The van der Waals surface area contributed by atoms with Crippen LogP contribution in [0.2, 0.25) is 0 Å². The maximum atomic E-state index is 12.4. The lowest BCUT2D eigenvalue weighted by molar-refractivity contribution is -0.150. The average molecular weight is 285 g/mol. The topological polar surface area (TPSA) is 54.5 Å². The van der Waals surface area contributed by atoms with Gasteiger partial charge in [0.25, 0.3) is 5.91 Å². The molecule has 1 heterocycles. The molecular formula is C17H19NO3. The number of hydrogen-bond acceptors (Lipinski definition) is 3. The van der Waals surface area contributed by atoms with Crippen LogP contribution in [0, 0.1) is 5.41 Å². The van der Waals surface area contributed by atoms with Crippen molar-refractivity contribution < 1.29 is 14.4 Å². The van der Waals surface area contributed by atoms with Crippen molar-refractivity contribution in [3.63, 3.8) is 0 Å². The number of carbonyl (C=O) groups excluding carboxylic acids is 3. The van der Waals surface area contributed by atoms with Crippen molar-refractivity contribution in [2.75, 3.05) is 0 Å². The fraction of sp³-hybridized carbons (Fsp3) is 0.471. The van der Waals surface area contributed by atoms with Crippen LogP contribution in [0.1, 0.15) is 55.3 Å². The molecule has 1 aromatic rings. The van der Waals surface area contributed by atoms with Gasteiger partial charge >= 0.3 is 0 Å². The lowest BCUT2D eigenvalue weighted by Crippen LogP contribution is -2.51. The number of nitrogens with zero attached hydrogens (tertiary/aromatic N) is 1. The summed E-state index contributed by atoms with van der Waals surface area (Å²) in [6.07, 6.45) is 5.85. The quantitative estimate of drug-likeness (QED) is 0.745. The smallest absolute Gasteiger partial charge is 0.267 e. The lowest BCUT2D eigenvalue weighted by atomic mass is 9.67. The molecule has 0 radical (unpaired) electrons. The van der Waals surface area contributed by atoms with Gasteiger partial charge in [0.1, 0.15) is 0 Å². The monoisotopic (exact) mass is 285 g/mol. The Labute approximate surface area is 124 Å². The molecular weight excluding hydrogens is 266 g/mol. The summed E-state index contributed by atoms with van der Waals surface area (Å²) in [5.74, 6) is -1.15. The Morgan fingerprint density at radius 3 is 2.05 bits per heavy atom. The molecule has 1 aliphatic carbocycles. The second-order valence-electron chi connectivity index (χ2n) is 6.21. The zero-order chi connectivity index (χ0) is 14.9. The first-order valence-corrected chi connectivity index (χ1v) is 7.57. The normalized spacial score (nSPS) is 21.6. The van der Waals surface area contributed by atoms with Crippen molar-refractivity contribution in [2.45, 2.75) is 44.9 Å². The Morgan fingerprint density at radius 2 is 1.48 bits per heavy atom. The van der Waals surface area contributed by atoms with E-state index >= 15 is 0 Å². The Morgan fingerprint density at radius 1 is 0.905 bits per heavy atom. The van der Waals surface area contributed by atoms with Gasteiger partial charge in [-0.3, -0.25) is 14.4 Å². The summed E-state index contributed by atoms with van der Waals surface area (Å²) in [4.78, 5) is 38.0. The van der Waals surface area contributed by atoms with Crippen LogP contribution >= 0.6 is 0 Å². The minimum absolute atomic E-state index is 0.181. The molecule has 21 heavy (non-hydrogen) atoms. The lowest BCUT2D eigenvalue weighted by Gasteiger charge is -2.41. The standard InChI is InChI=1S/C17H19NO3/c19-14-11-17(9-5-2-6-10-17)12-15(20)18(14)16(21)13-7-3-1-4-8-13/h1,3-4,7-8H,2,5-6,9-12H2. The predicted octanol–water partition coefficient (Wildman–Crippen LogP) is 2.93. The van der Waals surface area contributed by atoms with Crippen LogP contribution in [0.5, 0.6) is 0 Å². The zero-order valence-electron chi connectivity index (χ0n) is 12.0. The fourth-order valence-electron chi connectivity index (χ4n) is 3.59. The van der Waals surface area contributed by atoms with Gasteiger partial charge in [-0.05, 0) is 30.4 Å². The van der Waals surface area contributed by atoms with Gasteiger partial charge in [0.2, 0.25) is 11.8 Å². The van der Waals surface area contributed by atoms with Gasteiger partial charge in [0.15, 0.2) is 0 Å². The van der Waals surface area contributed by atoms with Crippen molar-refractivity contribution in [3.8, 4) is 0 Å². The summed E-state index contributed by atoms with van der Waals surface area (Å²) in [6.45, 7) is 0. The molecule has 0 N–H and O–H groups in total. The maximum absolute atomic E-state index is 12.4. The molecule has 1 saturated heterocycles. The van der Waals surface area contributed by atoms with Crippen LogP contribution in [0.4, 0.5) is 0 Å². The number of hydrogen-bond donors (Lipinski definition) is 0. The first kappa shape index (κ1) is 14.0. The maximum Gasteiger partial charge on any atom is 0.267 e. The Kier molecular flexibility index (Phi) is 3.62. The van der Waals surface area contributed by atoms with Crippen LogP contribution in [-0.4, -0.2) is 22.6 Å². The summed E-state index contributed by atoms with van der Waals surface area (Å²) in [5, 5.41) is 0. The van der Waals surface area contributed by atoms with Crippen molar-refractivity contribution in [2.24, 2.45) is 5.41 Å². The highest BCUT2D eigenvalue weighted by atomic mass is 16.2. The van der Waals surface area contributed by atoms with E-state index in [1.54, 1.807) is 30.3 Å².